The first kappa shape index (κ1) is 18.2. The van der Waals surface area contributed by atoms with Gasteiger partial charge in [0.05, 0.1) is 23.2 Å². The van der Waals surface area contributed by atoms with Gasteiger partial charge in [-0.1, -0.05) is 30.3 Å². The van der Waals surface area contributed by atoms with E-state index in [0.717, 1.165) is 33.8 Å². The fourth-order valence-electron chi connectivity index (χ4n) is 3.27. The molecule has 6 nitrogen and oxygen atoms in total. The third-order valence-electron chi connectivity index (χ3n) is 4.72. The lowest BCUT2D eigenvalue weighted by Gasteiger charge is -2.18. The number of hydrogen-bond donors (Lipinski definition) is 1. The minimum absolute atomic E-state index is 0.488. The van der Waals surface area contributed by atoms with E-state index < -0.39 is 0 Å². The van der Waals surface area contributed by atoms with Crippen molar-refractivity contribution >= 4 is 23.0 Å². The van der Waals surface area contributed by atoms with E-state index in [-0.39, 0.29) is 0 Å². The maximum atomic E-state index is 9.76. The molecule has 1 aliphatic rings. The Balaban J connectivity index is 1.49. The van der Waals surface area contributed by atoms with Crippen LogP contribution in [0.25, 0.3) is 34.2 Å². The molecule has 0 radical (unpaired) electrons. The van der Waals surface area contributed by atoms with E-state index in [1.807, 2.05) is 60.0 Å². The van der Waals surface area contributed by atoms with E-state index in [4.69, 9.17) is 9.47 Å². The maximum absolute atomic E-state index is 9.76. The molecule has 2 aromatic heterocycles. The number of nitriles is 1. The van der Waals surface area contributed by atoms with E-state index in [2.05, 4.69) is 21.3 Å². The summed E-state index contributed by atoms with van der Waals surface area (Å²) >= 11 is 1.45. The van der Waals surface area contributed by atoms with Crippen molar-refractivity contribution in [3.63, 3.8) is 0 Å². The number of nitrogens with zero attached hydrogens (tertiary/aromatic N) is 3. The molecular formula is C23H16N4O2S. The quantitative estimate of drug-likeness (QED) is 0.475. The van der Waals surface area contributed by atoms with Crippen LogP contribution in [0.1, 0.15) is 10.6 Å². The Kier molecular flexibility index (Phi) is 4.75. The van der Waals surface area contributed by atoms with E-state index in [1.54, 1.807) is 6.20 Å². The summed E-state index contributed by atoms with van der Waals surface area (Å²) in [5, 5.41) is 19.6. The van der Waals surface area contributed by atoms with Gasteiger partial charge in [0.1, 0.15) is 24.3 Å². The van der Waals surface area contributed by atoms with Crippen LogP contribution in [-0.2, 0) is 0 Å². The summed E-state index contributed by atoms with van der Waals surface area (Å²) in [6.45, 7) is 1.08. The first-order chi connectivity index (χ1) is 14.8. The molecule has 0 spiro atoms. The highest BCUT2D eigenvalue weighted by molar-refractivity contribution is 7.11. The maximum Gasteiger partial charge on any atom is 0.162 e. The molecule has 5 rings (SSSR count). The summed E-state index contributed by atoms with van der Waals surface area (Å²) in [6.07, 6.45) is 3.51. The number of benzene rings is 2. The second-order valence-electron chi connectivity index (χ2n) is 6.63. The Labute approximate surface area is 177 Å². The summed E-state index contributed by atoms with van der Waals surface area (Å²) in [7, 11) is 0. The molecule has 2 aromatic carbocycles. The summed E-state index contributed by atoms with van der Waals surface area (Å²) in [5.41, 5.74) is 4.89. The molecule has 1 aliphatic heterocycles. The zero-order valence-electron chi connectivity index (χ0n) is 15.8. The minimum Gasteiger partial charge on any atom is -0.486 e. The monoisotopic (exact) mass is 412 g/mol. The van der Waals surface area contributed by atoms with Gasteiger partial charge in [-0.2, -0.15) is 10.4 Å². The highest BCUT2D eigenvalue weighted by Gasteiger charge is 2.16. The largest absolute Gasteiger partial charge is 0.486 e. The van der Waals surface area contributed by atoms with Crippen LogP contribution in [-0.4, -0.2) is 28.4 Å². The van der Waals surface area contributed by atoms with Crippen molar-refractivity contribution in [2.45, 2.75) is 0 Å². The molecular weight excluding hydrogens is 396 g/mol. The number of H-pyrrole nitrogens is 1. The second-order valence-corrected chi connectivity index (χ2v) is 7.49. The van der Waals surface area contributed by atoms with E-state index >= 15 is 0 Å². The smallest absolute Gasteiger partial charge is 0.162 e. The average molecular weight is 412 g/mol. The molecule has 0 fully saturated rings. The minimum atomic E-state index is 0.488. The third-order valence-corrected chi connectivity index (χ3v) is 5.60. The number of aromatic nitrogens is 3. The van der Waals surface area contributed by atoms with Crippen LogP contribution in [0.4, 0.5) is 0 Å². The molecule has 0 unspecified atom stereocenters. The van der Waals surface area contributed by atoms with Gasteiger partial charge >= 0.3 is 0 Å². The molecule has 0 bridgehead atoms. The summed E-state index contributed by atoms with van der Waals surface area (Å²) in [5.74, 6) is 1.44. The number of aromatic amines is 1. The predicted molar refractivity (Wildman–Crippen MR) is 116 cm³/mol. The number of ether oxygens (including phenoxy) is 2. The van der Waals surface area contributed by atoms with Gasteiger partial charge in [0.25, 0.3) is 0 Å². The number of rotatable bonds is 4. The number of fused-ring (bicyclic) bond motifs is 1. The van der Waals surface area contributed by atoms with Crippen molar-refractivity contribution in [1.29, 1.82) is 5.26 Å². The molecule has 0 atom stereocenters. The molecule has 0 saturated carbocycles. The standard InChI is InChI=1S/C23H16N4O2S/c24-12-17(23-26-19(14-30-23)15-4-2-1-3-5-15)10-18-13-25-27-22(18)16-6-7-20-21(11-16)29-9-8-28-20/h1-7,10-11,13-14H,8-9H2,(H,25,27)/b17-10-. The number of allylic oxidation sites excluding steroid dienone is 1. The lowest BCUT2D eigenvalue weighted by atomic mass is 10.1. The zero-order chi connectivity index (χ0) is 20.3. The van der Waals surface area contributed by atoms with Crippen LogP contribution < -0.4 is 9.47 Å². The highest BCUT2D eigenvalue weighted by Crippen LogP contribution is 2.36. The molecule has 146 valence electrons. The van der Waals surface area contributed by atoms with Crippen LogP contribution in [0.2, 0.25) is 0 Å². The molecule has 7 heteroatoms. The number of nitrogens with one attached hydrogen (secondary N) is 1. The molecule has 0 saturated heterocycles. The van der Waals surface area contributed by atoms with Crippen molar-refractivity contribution in [2.24, 2.45) is 0 Å². The Morgan fingerprint density at radius 1 is 1.07 bits per heavy atom. The Bertz CT molecular complexity index is 1270. The number of thiazole rings is 1. The van der Waals surface area contributed by atoms with Crippen molar-refractivity contribution in [2.75, 3.05) is 13.2 Å². The van der Waals surface area contributed by atoms with Crippen LogP contribution in [0.3, 0.4) is 0 Å². The molecule has 30 heavy (non-hydrogen) atoms. The topological polar surface area (TPSA) is 83.8 Å². The Hall–Kier alpha value is -3.89. The fraction of sp³-hybridized carbons (Fsp3) is 0.0870. The van der Waals surface area contributed by atoms with Gasteiger partial charge < -0.3 is 9.47 Å². The molecule has 4 aromatic rings. The van der Waals surface area contributed by atoms with Crippen molar-refractivity contribution < 1.29 is 9.47 Å². The third kappa shape index (κ3) is 3.45. The highest BCUT2D eigenvalue weighted by atomic mass is 32.1. The van der Waals surface area contributed by atoms with E-state index in [9.17, 15) is 5.26 Å². The fourth-order valence-corrected chi connectivity index (χ4v) is 4.07. The van der Waals surface area contributed by atoms with Gasteiger partial charge in [0.15, 0.2) is 11.5 Å². The SMILES string of the molecule is N#C/C(=C/c1cn[nH]c1-c1ccc2c(c1)OCCO2)c1nc(-c2ccccc2)cs1. The summed E-state index contributed by atoms with van der Waals surface area (Å²) in [6, 6.07) is 17.9. The average Bonchev–Trinajstić information content (AvgIpc) is 3.47. The predicted octanol–water partition coefficient (Wildman–Crippen LogP) is 5.04. The molecule has 0 amide bonds. The van der Waals surface area contributed by atoms with Crippen molar-refractivity contribution in [3.05, 3.63) is 70.7 Å². The molecule has 3 heterocycles. The Morgan fingerprint density at radius 2 is 1.90 bits per heavy atom. The van der Waals surface area contributed by atoms with Gasteiger partial charge in [0.2, 0.25) is 0 Å². The van der Waals surface area contributed by atoms with Gasteiger partial charge in [0, 0.05) is 22.1 Å². The summed E-state index contributed by atoms with van der Waals surface area (Å²) in [4.78, 5) is 4.65. The lowest BCUT2D eigenvalue weighted by Crippen LogP contribution is -2.15. The second kappa shape index (κ2) is 7.85. The zero-order valence-corrected chi connectivity index (χ0v) is 16.6. The van der Waals surface area contributed by atoms with Crippen LogP contribution in [0.15, 0.2) is 60.1 Å². The lowest BCUT2D eigenvalue weighted by molar-refractivity contribution is 0.171. The van der Waals surface area contributed by atoms with Crippen molar-refractivity contribution in [3.8, 4) is 40.1 Å². The van der Waals surface area contributed by atoms with Gasteiger partial charge in [-0.3, -0.25) is 5.10 Å². The Morgan fingerprint density at radius 3 is 2.73 bits per heavy atom. The first-order valence-electron chi connectivity index (χ1n) is 9.38. The van der Waals surface area contributed by atoms with Gasteiger partial charge in [-0.05, 0) is 24.3 Å². The molecule has 1 N–H and O–H groups in total. The van der Waals surface area contributed by atoms with E-state index in [0.29, 0.717) is 29.5 Å². The normalized spacial score (nSPS) is 13.1. The van der Waals surface area contributed by atoms with Crippen molar-refractivity contribution in [1.82, 2.24) is 15.2 Å². The van der Waals surface area contributed by atoms with Crippen LogP contribution in [0.5, 0.6) is 11.5 Å². The van der Waals surface area contributed by atoms with E-state index in [1.165, 1.54) is 11.3 Å². The van der Waals surface area contributed by atoms with Gasteiger partial charge in [-0.15, -0.1) is 11.3 Å². The number of hydrogen-bond acceptors (Lipinski definition) is 6. The van der Waals surface area contributed by atoms with Gasteiger partial charge in [-0.25, -0.2) is 4.98 Å². The first-order valence-corrected chi connectivity index (χ1v) is 10.3. The van der Waals surface area contributed by atoms with Crippen LogP contribution >= 0.6 is 11.3 Å². The van der Waals surface area contributed by atoms with Crippen LogP contribution in [0, 0.1) is 11.3 Å². The molecule has 0 aliphatic carbocycles. The summed E-state index contributed by atoms with van der Waals surface area (Å²) < 4.78 is 11.3.